The molecule has 164 valence electrons. The molecular formula is C23H23N5O4. The number of ether oxygens (including phenoxy) is 1. The molecule has 4 rings (SSSR count). The Morgan fingerprint density at radius 1 is 1.06 bits per heavy atom. The fraction of sp³-hybridized carbons (Fsp3) is 0.217. The summed E-state index contributed by atoms with van der Waals surface area (Å²) in [6.45, 7) is 2.09. The third-order valence-corrected chi connectivity index (χ3v) is 5.43. The highest BCUT2D eigenvalue weighted by Crippen LogP contribution is 2.13. The maximum Gasteiger partial charge on any atom is 0.337 e. The van der Waals surface area contributed by atoms with Gasteiger partial charge < -0.3 is 14.6 Å². The van der Waals surface area contributed by atoms with Gasteiger partial charge in [-0.05, 0) is 42.3 Å². The molecule has 1 N–H and O–H groups in total. The number of benzene rings is 1. The Balaban J connectivity index is 1.70. The number of methoxy groups -OCH3 is 1. The first-order valence-electron chi connectivity index (χ1n) is 10.0. The molecule has 9 nitrogen and oxygen atoms in total. The Hall–Kier alpha value is -4.14. The minimum Gasteiger partial charge on any atom is -0.497 e. The second-order valence-electron chi connectivity index (χ2n) is 7.45. The number of hydrogen-bond donors (Lipinski definition) is 1. The van der Waals surface area contributed by atoms with E-state index in [1.54, 1.807) is 62.3 Å². The summed E-state index contributed by atoms with van der Waals surface area (Å²) in [5.74, 6) is 0.343. The van der Waals surface area contributed by atoms with Crippen molar-refractivity contribution in [1.82, 2.24) is 23.8 Å². The third kappa shape index (κ3) is 3.80. The van der Waals surface area contributed by atoms with E-state index < -0.39 is 11.2 Å². The molecule has 0 aliphatic heterocycles. The van der Waals surface area contributed by atoms with Crippen molar-refractivity contribution in [3.05, 3.63) is 98.2 Å². The quantitative estimate of drug-likeness (QED) is 0.497. The summed E-state index contributed by atoms with van der Waals surface area (Å²) in [6.07, 6.45) is 4.77. The molecule has 0 radical (unpaired) electrons. The van der Waals surface area contributed by atoms with Crippen LogP contribution in [0.25, 0.3) is 5.65 Å². The SMILES string of the molecule is COc1ccc(Cn2c(=O)c(C)c3n(C)c(C(=O)NCc4ccncc4)cn3c2=O)cc1. The number of carbonyl (C=O) groups excluding carboxylic acids is 1. The summed E-state index contributed by atoms with van der Waals surface area (Å²) in [7, 11) is 3.24. The standard InChI is InChI=1S/C23H23N5O4/c1-15-21-26(2)19(20(29)25-12-16-8-10-24-11-9-16)14-27(21)23(31)28(22(15)30)13-17-4-6-18(32-3)7-5-17/h4-11,14H,12-13H2,1-3H3,(H,25,29). The van der Waals surface area contributed by atoms with Gasteiger partial charge in [-0.25, -0.2) is 4.79 Å². The Morgan fingerprint density at radius 2 is 1.75 bits per heavy atom. The number of nitrogens with one attached hydrogen (secondary N) is 1. The smallest absolute Gasteiger partial charge is 0.337 e. The Morgan fingerprint density at radius 3 is 2.41 bits per heavy atom. The molecule has 3 heterocycles. The molecule has 3 aromatic heterocycles. The van der Waals surface area contributed by atoms with E-state index in [0.717, 1.165) is 11.1 Å². The van der Waals surface area contributed by atoms with Crippen LogP contribution in [-0.4, -0.2) is 31.5 Å². The van der Waals surface area contributed by atoms with Crippen molar-refractivity contribution in [1.29, 1.82) is 0 Å². The summed E-state index contributed by atoms with van der Waals surface area (Å²) in [4.78, 5) is 42.9. The van der Waals surface area contributed by atoms with Crippen LogP contribution in [0.2, 0.25) is 0 Å². The van der Waals surface area contributed by atoms with Gasteiger partial charge in [0, 0.05) is 32.2 Å². The number of amides is 1. The van der Waals surface area contributed by atoms with Crippen molar-refractivity contribution >= 4 is 11.6 Å². The number of fused-ring (bicyclic) bond motifs is 1. The maximum atomic E-state index is 13.1. The van der Waals surface area contributed by atoms with E-state index in [9.17, 15) is 14.4 Å². The summed E-state index contributed by atoms with van der Waals surface area (Å²) < 4.78 is 9.24. The van der Waals surface area contributed by atoms with Crippen LogP contribution in [-0.2, 0) is 20.1 Å². The number of imidazole rings is 1. The molecule has 0 unspecified atom stereocenters. The number of rotatable bonds is 6. The van der Waals surface area contributed by atoms with E-state index in [1.165, 1.54) is 15.2 Å². The van der Waals surface area contributed by atoms with Crippen LogP contribution in [0.4, 0.5) is 0 Å². The predicted octanol–water partition coefficient (Wildman–Crippen LogP) is 1.49. The topological polar surface area (TPSA) is 99.6 Å². The lowest BCUT2D eigenvalue weighted by molar-refractivity contribution is 0.0943. The van der Waals surface area contributed by atoms with Crippen molar-refractivity contribution in [2.75, 3.05) is 7.11 Å². The van der Waals surface area contributed by atoms with Gasteiger partial charge in [-0.2, -0.15) is 0 Å². The van der Waals surface area contributed by atoms with Gasteiger partial charge in [0.15, 0.2) is 0 Å². The zero-order valence-electron chi connectivity index (χ0n) is 18.0. The van der Waals surface area contributed by atoms with Crippen LogP contribution >= 0.6 is 0 Å². The fourth-order valence-electron chi connectivity index (χ4n) is 3.68. The molecule has 0 spiro atoms. The number of aryl methyl sites for hydroxylation is 2. The van der Waals surface area contributed by atoms with Crippen molar-refractivity contribution < 1.29 is 9.53 Å². The molecule has 0 saturated carbocycles. The molecule has 0 saturated heterocycles. The highest BCUT2D eigenvalue weighted by atomic mass is 16.5. The Bertz CT molecular complexity index is 1400. The van der Waals surface area contributed by atoms with Gasteiger partial charge in [-0.1, -0.05) is 12.1 Å². The molecular weight excluding hydrogens is 410 g/mol. The molecule has 9 heteroatoms. The van der Waals surface area contributed by atoms with E-state index in [0.29, 0.717) is 23.5 Å². The van der Waals surface area contributed by atoms with Gasteiger partial charge in [0.1, 0.15) is 17.1 Å². The summed E-state index contributed by atoms with van der Waals surface area (Å²) in [5.41, 5.74) is 1.84. The van der Waals surface area contributed by atoms with E-state index in [2.05, 4.69) is 10.3 Å². The lowest BCUT2D eigenvalue weighted by Gasteiger charge is -2.10. The van der Waals surface area contributed by atoms with E-state index in [4.69, 9.17) is 4.74 Å². The highest BCUT2D eigenvalue weighted by molar-refractivity contribution is 5.93. The number of nitrogens with zero attached hydrogens (tertiary/aromatic N) is 4. The van der Waals surface area contributed by atoms with Crippen LogP contribution in [0.15, 0.2) is 64.6 Å². The van der Waals surface area contributed by atoms with E-state index in [-0.39, 0.29) is 18.1 Å². The van der Waals surface area contributed by atoms with Crippen LogP contribution in [0.5, 0.6) is 5.75 Å². The van der Waals surface area contributed by atoms with Gasteiger partial charge in [0.25, 0.3) is 11.5 Å². The van der Waals surface area contributed by atoms with Gasteiger partial charge in [-0.3, -0.25) is 23.5 Å². The third-order valence-electron chi connectivity index (χ3n) is 5.43. The van der Waals surface area contributed by atoms with Gasteiger partial charge in [0.2, 0.25) is 0 Å². The van der Waals surface area contributed by atoms with Crippen molar-refractivity contribution in [3.8, 4) is 5.75 Å². The maximum absolute atomic E-state index is 13.1. The molecule has 32 heavy (non-hydrogen) atoms. The number of hydrogen-bond acceptors (Lipinski definition) is 5. The molecule has 0 bridgehead atoms. The zero-order chi connectivity index (χ0) is 22.8. The largest absolute Gasteiger partial charge is 0.497 e. The highest BCUT2D eigenvalue weighted by Gasteiger charge is 2.20. The number of aromatic nitrogens is 4. The fourth-order valence-corrected chi connectivity index (χ4v) is 3.68. The summed E-state index contributed by atoms with van der Waals surface area (Å²) in [6, 6.07) is 10.8. The van der Waals surface area contributed by atoms with Crippen molar-refractivity contribution in [2.24, 2.45) is 7.05 Å². The van der Waals surface area contributed by atoms with Crippen LogP contribution in [0.3, 0.4) is 0 Å². The molecule has 1 aromatic carbocycles. The first kappa shape index (κ1) is 21.1. The minimum atomic E-state index is -0.504. The molecule has 0 aliphatic carbocycles. The molecule has 1 amide bonds. The number of pyridine rings is 1. The van der Waals surface area contributed by atoms with E-state index >= 15 is 0 Å². The average molecular weight is 433 g/mol. The van der Waals surface area contributed by atoms with Crippen LogP contribution in [0.1, 0.15) is 27.2 Å². The first-order valence-corrected chi connectivity index (χ1v) is 10.0. The predicted molar refractivity (Wildman–Crippen MR) is 119 cm³/mol. The lowest BCUT2D eigenvalue weighted by Crippen LogP contribution is -2.39. The zero-order valence-corrected chi connectivity index (χ0v) is 18.0. The second-order valence-corrected chi connectivity index (χ2v) is 7.45. The van der Waals surface area contributed by atoms with Crippen molar-refractivity contribution in [2.45, 2.75) is 20.0 Å². The van der Waals surface area contributed by atoms with Gasteiger partial charge in [-0.15, -0.1) is 0 Å². The second kappa shape index (κ2) is 8.54. The lowest BCUT2D eigenvalue weighted by atomic mass is 10.2. The molecule has 0 fully saturated rings. The Labute approximate surface area is 183 Å². The normalized spacial score (nSPS) is 11.0. The van der Waals surface area contributed by atoms with E-state index in [1.807, 2.05) is 12.1 Å². The van der Waals surface area contributed by atoms with Gasteiger partial charge in [0.05, 0.1) is 19.2 Å². The summed E-state index contributed by atoms with van der Waals surface area (Å²) >= 11 is 0. The molecule has 0 aliphatic rings. The van der Waals surface area contributed by atoms with Crippen LogP contribution in [0, 0.1) is 6.92 Å². The molecule has 4 aromatic rings. The number of carbonyl (C=O) groups is 1. The average Bonchev–Trinajstić information content (AvgIpc) is 3.17. The summed E-state index contributed by atoms with van der Waals surface area (Å²) in [5, 5.41) is 2.84. The first-order chi connectivity index (χ1) is 15.4. The van der Waals surface area contributed by atoms with Crippen LogP contribution < -0.4 is 21.3 Å². The van der Waals surface area contributed by atoms with Gasteiger partial charge >= 0.3 is 5.69 Å². The van der Waals surface area contributed by atoms with Crippen molar-refractivity contribution in [3.63, 3.8) is 0 Å². The molecule has 0 atom stereocenters. The minimum absolute atomic E-state index is 0.115. The Kier molecular flexibility index (Phi) is 5.63. The monoisotopic (exact) mass is 433 g/mol.